The molecule has 0 radical (unpaired) electrons. The van der Waals surface area contributed by atoms with Crippen molar-refractivity contribution in [1.29, 1.82) is 0 Å². The van der Waals surface area contributed by atoms with Crippen LogP contribution in [0.4, 0.5) is 0 Å². The number of hydrogen-bond donors (Lipinski definition) is 0. The summed E-state index contributed by atoms with van der Waals surface area (Å²) in [5.74, 6) is 1.77. The monoisotopic (exact) mass is 418 g/mol. The molecule has 4 saturated carbocycles. The molecule has 0 aliphatic heterocycles. The highest BCUT2D eigenvalue weighted by Gasteiger charge is 2.64. The minimum Gasteiger partial charge on any atom is -0.469 e. The Morgan fingerprint density at radius 1 is 1.07 bits per heavy atom. The van der Waals surface area contributed by atoms with Crippen molar-refractivity contribution in [1.82, 2.24) is 0 Å². The summed E-state index contributed by atoms with van der Waals surface area (Å²) in [5, 5.41) is 0. The van der Waals surface area contributed by atoms with Gasteiger partial charge in [-0.05, 0) is 80.0 Å². The van der Waals surface area contributed by atoms with Crippen LogP contribution in [0.2, 0.25) is 0 Å². The van der Waals surface area contributed by atoms with Crippen molar-refractivity contribution in [2.75, 3.05) is 7.11 Å². The van der Waals surface area contributed by atoms with Crippen molar-refractivity contribution in [3.8, 4) is 0 Å². The molecule has 4 aliphatic carbocycles. The van der Waals surface area contributed by atoms with Crippen molar-refractivity contribution < 1.29 is 23.9 Å². The highest BCUT2D eigenvalue weighted by molar-refractivity contribution is 5.88. The molecule has 0 bridgehead atoms. The number of carbonyl (C=O) groups excluding carboxylic acids is 3. The van der Waals surface area contributed by atoms with E-state index in [1.54, 1.807) is 0 Å². The molecule has 4 fully saturated rings. The van der Waals surface area contributed by atoms with Crippen LogP contribution in [0.15, 0.2) is 0 Å². The van der Waals surface area contributed by atoms with Gasteiger partial charge < -0.3 is 9.47 Å². The maximum absolute atomic E-state index is 13.7. The van der Waals surface area contributed by atoms with Crippen LogP contribution in [0, 0.1) is 46.3 Å². The van der Waals surface area contributed by atoms with Crippen LogP contribution in [-0.4, -0.2) is 30.9 Å². The van der Waals surface area contributed by atoms with E-state index in [0.29, 0.717) is 35.9 Å². The molecule has 0 spiro atoms. The number of Topliss-reactive ketones (excluding diaryl/α,β-unsaturated/α-hetero) is 1. The van der Waals surface area contributed by atoms with Crippen molar-refractivity contribution in [3.05, 3.63) is 0 Å². The normalized spacial score (nSPS) is 46.2. The maximum atomic E-state index is 13.7. The first-order valence-corrected chi connectivity index (χ1v) is 11.9. The number of ether oxygens (including phenoxy) is 2. The smallest absolute Gasteiger partial charge is 0.308 e. The Hall–Kier alpha value is -1.39. The average molecular weight is 419 g/mol. The Kier molecular flexibility index (Phi) is 5.55. The molecular formula is C25H38O5. The number of fused-ring (bicyclic) bond motifs is 5. The van der Waals surface area contributed by atoms with Crippen LogP contribution in [0.5, 0.6) is 0 Å². The van der Waals surface area contributed by atoms with E-state index in [1.165, 1.54) is 14.0 Å². The van der Waals surface area contributed by atoms with E-state index in [1.807, 2.05) is 6.92 Å². The predicted octanol–water partition coefficient (Wildman–Crippen LogP) is 4.57. The molecule has 4 aliphatic rings. The molecule has 4 rings (SSSR count). The number of carbonyl (C=O) groups is 3. The van der Waals surface area contributed by atoms with Crippen LogP contribution >= 0.6 is 0 Å². The number of ketones is 1. The first kappa shape index (κ1) is 21.8. The first-order valence-electron chi connectivity index (χ1n) is 11.9. The molecule has 5 nitrogen and oxygen atoms in total. The van der Waals surface area contributed by atoms with Gasteiger partial charge in [-0.2, -0.15) is 0 Å². The largest absolute Gasteiger partial charge is 0.469 e. The summed E-state index contributed by atoms with van der Waals surface area (Å²) in [5.41, 5.74) is -0.241. The standard InChI is InChI=1S/C25H38O5/c1-14(23(28)29-5)19-8-9-20-18-7-6-16-12-17(30-15(2)26)10-11-24(16,3)21(18)13-22(27)25(19,20)4/h14,16-21H,6-13H2,1-5H3/t14-,16-,17-,18+,19+,20-,21-,24+,25+/m1/s1. The first-order chi connectivity index (χ1) is 14.1. The topological polar surface area (TPSA) is 69.7 Å². The fourth-order valence-electron chi connectivity index (χ4n) is 8.45. The van der Waals surface area contributed by atoms with Gasteiger partial charge >= 0.3 is 11.9 Å². The van der Waals surface area contributed by atoms with Crippen LogP contribution in [-0.2, 0) is 23.9 Å². The van der Waals surface area contributed by atoms with Gasteiger partial charge in [-0.1, -0.05) is 20.8 Å². The van der Waals surface area contributed by atoms with Crippen molar-refractivity contribution in [3.63, 3.8) is 0 Å². The second-order valence-corrected chi connectivity index (χ2v) is 11.1. The Morgan fingerprint density at radius 2 is 1.80 bits per heavy atom. The molecule has 9 atom stereocenters. The van der Waals surface area contributed by atoms with Gasteiger partial charge in [0.1, 0.15) is 11.9 Å². The number of hydrogen-bond acceptors (Lipinski definition) is 5. The van der Waals surface area contributed by atoms with Gasteiger partial charge in [-0.25, -0.2) is 0 Å². The summed E-state index contributed by atoms with van der Waals surface area (Å²) < 4.78 is 10.6. The Balaban J connectivity index is 1.57. The zero-order valence-corrected chi connectivity index (χ0v) is 19.2. The fourth-order valence-corrected chi connectivity index (χ4v) is 8.45. The Labute approximate surface area is 180 Å². The van der Waals surface area contributed by atoms with Gasteiger partial charge in [0.15, 0.2) is 0 Å². The summed E-state index contributed by atoms with van der Waals surface area (Å²) in [4.78, 5) is 37.4. The highest BCUT2D eigenvalue weighted by atomic mass is 16.5. The molecule has 0 saturated heterocycles. The summed E-state index contributed by atoms with van der Waals surface area (Å²) >= 11 is 0. The summed E-state index contributed by atoms with van der Waals surface area (Å²) in [6.07, 6.45) is 7.89. The molecule has 0 N–H and O–H groups in total. The highest BCUT2D eigenvalue weighted by Crippen LogP contribution is 2.67. The fraction of sp³-hybridized carbons (Fsp3) is 0.880. The third-order valence-corrected chi connectivity index (χ3v) is 10.1. The molecule has 0 heterocycles. The van der Waals surface area contributed by atoms with E-state index in [4.69, 9.17) is 9.47 Å². The van der Waals surface area contributed by atoms with E-state index < -0.39 is 5.41 Å². The lowest BCUT2D eigenvalue weighted by Crippen LogP contribution is -2.57. The minimum atomic E-state index is -0.396. The van der Waals surface area contributed by atoms with Crippen molar-refractivity contribution in [2.45, 2.75) is 85.2 Å². The lowest BCUT2D eigenvalue weighted by molar-refractivity contribution is -0.168. The van der Waals surface area contributed by atoms with E-state index in [2.05, 4.69) is 13.8 Å². The summed E-state index contributed by atoms with van der Waals surface area (Å²) in [6, 6.07) is 0. The van der Waals surface area contributed by atoms with Crippen LogP contribution < -0.4 is 0 Å². The Bertz CT molecular complexity index is 731. The van der Waals surface area contributed by atoms with E-state index in [0.717, 1.165) is 44.9 Å². The molecule has 30 heavy (non-hydrogen) atoms. The third-order valence-electron chi connectivity index (χ3n) is 10.1. The molecular weight excluding hydrogens is 380 g/mol. The summed E-state index contributed by atoms with van der Waals surface area (Å²) in [6.45, 7) is 7.99. The van der Waals surface area contributed by atoms with Gasteiger partial charge in [-0.15, -0.1) is 0 Å². The Morgan fingerprint density at radius 3 is 2.47 bits per heavy atom. The van der Waals surface area contributed by atoms with E-state index in [9.17, 15) is 14.4 Å². The number of methoxy groups -OCH3 is 1. The predicted molar refractivity (Wildman–Crippen MR) is 112 cm³/mol. The van der Waals surface area contributed by atoms with Gasteiger partial charge in [0.25, 0.3) is 0 Å². The molecule has 0 aromatic rings. The van der Waals surface area contributed by atoms with Crippen LogP contribution in [0.1, 0.15) is 79.1 Å². The van der Waals surface area contributed by atoms with E-state index >= 15 is 0 Å². The summed E-state index contributed by atoms with van der Waals surface area (Å²) in [7, 11) is 1.45. The van der Waals surface area contributed by atoms with Crippen LogP contribution in [0.3, 0.4) is 0 Å². The molecule has 0 aromatic heterocycles. The molecule has 5 heteroatoms. The number of rotatable bonds is 3. The molecule has 0 unspecified atom stereocenters. The quantitative estimate of drug-likeness (QED) is 0.628. The SMILES string of the molecule is COC(=O)[C@H](C)[C@@H]1CC[C@@H]2[C@@H]3CC[C@@H]4C[C@H](OC(C)=O)CC[C@]4(C)[C@@H]3CC(=O)[C@]21C. The lowest BCUT2D eigenvalue weighted by Gasteiger charge is -2.60. The second-order valence-electron chi connectivity index (χ2n) is 11.1. The zero-order chi connectivity index (χ0) is 21.8. The van der Waals surface area contributed by atoms with Crippen molar-refractivity contribution in [2.24, 2.45) is 46.3 Å². The van der Waals surface area contributed by atoms with Gasteiger partial charge in [-0.3, -0.25) is 14.4 Å². The second kappa shape index (κ2) is 7.63. The van der Waals surface area contributed by atoms with Gasteiger partial charge in [0.05, 0.1) is 13.0 Å². The zero-order valence-electron chi connectivity index (χ0n) is 19.2. The third kappa shape index (κ3) is 3.14. The lowest BCUT2D eigenvalue weighted by atomic mass is 9.44. The van der Waals surface area contributed by atoms with E-state index in [-0.39, 0.29) is 35.3 Å². The van der Waals surface area contributed by atoms with Crippen molar-refractivity contribution >= 4 is 17.7 Å². The number of esters is 2. The average Bonchev–Trinajstić information content (AvgIpc) is 3.06. The minimum absolute atomic E-state index is 0.0402. The molecule has 168 valence electrons. The van der Waals surface area contributed by atoms with Gasteiger partial charge in [0.2, 0.25) is 0 Å². The maximum Gasteiger partial charge on any atom is 0.308 e. The van der Waals surface area contributed by atoms with Gasteiger partial charge in [0, 0.05) is 18.8 Å². The van der Waals surface area contributed by atoms with Crippen LogP contribution in [0.25, 0.3) is 0 Å². The molecule has 0 amide bonds. The molecule has 0 aromatic carbocycles.